The van der Waals surface area contributed by atoms with Crippen LogP contribution < -0.4 is 0 Å². The Morgan fingerprint density at radius 2 is 0.889 bits per heavy atom. The molecule has 0 aliphatic carbocycles. The Morgan fingerprint density at radius 3 is 1.19 bits per heavy atom. The summed E-state index contributed by atoms with van der Waals surface area (Å²) in [5, 5.41) is 0. The molecule has 0 rings (SSSR count). The maximum atomic E-state index is 12.0. The van der Waals surface area contributed by atoms with E-state index in [1.807, 2.05) is 0 Å². The van der Waals surface area contributed by atoms with Gasteiger partial charge in [0, 0.05) is 18.8 Å². The summed E-state index contributed by atoms with van der Waals surface area (Å²) in [6, 6.07) is 0. The van der Waals surface area contributed by atoms with Crippen LogP contribution in [0.15, 0.2) is 0 Å². The molecule has 0 fully saturated rings. The molecule has 0 saturated heterocycles. The number of hydrogen-bond acceptors (Lipinski definition) is 5. The predicted molar refractivity (Wildman–Crippen MR) is 146 cm³/mol. The zero-order valence-electron chi connectivity index (χ0n) is 23.2. The van der Waals surface area contributed by atoms with Gasteiger partial charge in [-0.15, -0.1) is 0 Å². The molecule has 0 saturated carbocycles. The van der Waals surface area contributed by atoms with Gasteiger partial charge in [0.2, 0.25) is 0 Å². The van der Waals surface area contributed by atoms with Crippen LogP contribution in [0.25, 0.3) is 0 Å². The van der Waals surface area contributed by atoms with E-state index in [-0.39, 0.29) is 25.2 Å². The van der Waals surface area contributed by atoms with E-state index in [9.17, 15) is 23.9 Å². The molecule has 0 bridgehead atoms. The molecule has 0 aliphatic rings. The van der Waals surface area contributed by atoms with E-state index in [2.05, 4.69) is 13.8 Å². The van der Waals surface area contributed by atoms with Gasteiger partial charge in [0.25, 0.3) is 0 Å². The molecule has 0 aromatic heterocycles. The van der Waals surface area contributed by atoms with Gasteiger partial charge in [0.1, 0.15) is 0 Å². The Labute approximate surface area is 220 Å². The average molecular weight is 535 g/mol. The van der Waals surface area contributed by atoms with Crippen molar-refractivity contribution in [3.05, 3.63) is 0 Å². The van der Waals surface area contributed by atoms with E-state index >= 15 is 0 Å². The zero-order valence-corrected chi connectivity index (χ0v) is 24.1. The Morgan fingerprint density at radius 1 is 0.583 bits per heavy atom. The van der Waals surface area contributed by atoms with Crippen LogP contribution in [0.3, 0.4) is 0 Å². The number of rotatable bonds is 26. The first-order valence-electron chi connectivity index (χ1n) is 14.6. The molecule has 7 nitrogen and oxygen atoms in total. The lowest BCUT2D eigenvalue weighted by Crippen LogP contribution is -2.24. The molecule has 0 heterocycles. The van der Waals surface area contributed by atoms with Crippen molar-refractivity contribution in [3.8, 4) is 0 Å². The maximum Gasteiger partial charge on any atom is 0.326 e. The van der Waals surface area contributed by atoms with E-state index in [4.69, 9.17) is 9.47 Å². The third kappa shape index (κ3) is 26.2. The Balaban J connectivity index is 3.98. The molecule has 0 aliphatic heterocycles. The lowest BCUT2D eigenvalue weighted by Gasteiger charge is -2.18. The summed E-state index contributed by atoms with van der Waals surface area (Å²) < 4.78 is 21.9. The third-order valence-corrected chi connectivity index (χ3v) is 7.42. The van der Waals surface area contributed by atoms with Crippen molar-refractivity contribution in [2.24, 2.45) is 5.92 Å². The van der Waals surface area contributed by atoms with Crippen LogP contribution in [0.2, 0.25) is 0 Å². The molecular formula is C28H55O7P. The summed E-state index contributed by atoms with van der Waals surface area (Å²) in [4.78, 5) is 42.7. The lowest BCUT2D eigenvalue weighted by molar-refractivity contribution is -0.148. The highest BCUT2D eigenvalue weighted by Gasteiger charge is 2.24. The van der Waals surface area contributed by atoms with Crippen LogP contribution >= 0.6 is 7.60 Å². The number of carbonyl (C=O) groups is 2. The zero-order chi connectivity index (χ0) is 26.9. The highest BCUT2D eigenvalue weighted by atomic mass is 31.2. The van der Waals surface area contributed by atoms with Crippen LogP contribution in [0.1, 0.15) is 142 Å². The molecule has 0 atom stereocenters. The molecule has 0 unspecified atom stereocenters. The van der Waals surface area contributed by atoms with Crippen molar-refractivity contribution in [1.82, 2.24) is 0 Å². The molecule has 0 radical (unpaired) electrons. The number of hydrogen-bond donors (Lipinski definition) is 2. The van der Waals surface area contributed by atoms with Gasteiger partial charge in [0.15, 0.2) is 0 Å². The second-order valence-corrected chi connectivity index (χ2v) is 11.9. The normalized spacial score (nSPS) is 11.7. The molecule has 0 spiro atoms. The second-order valence-electron chi connectivity index (χ2n) is 10.2. The summed E-state index contributed by atoms with van der Waals surface area (Å²) >= 11 is 0. The second kappa shape index (κ2) is 24.4. The minimum atomic E-state index is -4.31. The van der Waals surface area contributed by atoms with Gasteiger partial charge in [0.05, 0.1) is 19.4 Å². The van der Waals surface area contributed by atoms with E-state index in [1.54, 1.807) is 0 Å². The van der Waals surface area contributed by atoms with E-state index in [1.165, 1.54) is 77.0 Å². The van der Waals surface area contributed by atoms with Crippen molar-refractivity contribution in [3.63, 3.8) is 0 Å². The van der Waals surface area contributed by atoms with Gasteiger partial charge in [-0.05, 0) is 12.8 Å². The van der Waals surface area contributed by atoms with E-state index in [0.29, 0.717) is 12.8 Å². The number of ether oxygens (including phenoxy) is 2. The van der Waals surface area contributed by atoms with Crippen LogP contribution in [0.5, 0.6) is 0 Å². The van der Waals surface area contributed by atoms with Gasteiger partial charge in [-0.1, -0.05) is 117 Å². The molecule has 0 aromatic rings. The first-order chi connectivity index (χ1) is 17.3. The highest BCUT2D eigenvalue weighted by Crippen LogP contribution is 2.37. The Kier molecular flexibility index (Phi) is 23.8. The van der Waals surface area contributed by atoms with Crippen molar-refractivity contribution in [2.75, 3.05) is 19.4 Å². The van der Waals surface area contributed by atoms with Crippen LogP contribution in [-0.2, 0) is 23.6 Å². The number of unbranched alkanes of at least 4 members (excludes halogenated alkanes) is 16. The summed E-state index contributed by atoms with van der Waals surface area (Å²) in [6.07, 6.45) is 20.9. The van der Waals surface area contributed by atoms with Gasteiger partial charge in [-0.3, -0.25) is 14.2 Å². The highest BCUT2D eigenvalue weighted by molar-refractivity contribution is 7.51. The first kappa shape index (κ1) is 35.1. The van der Waals surface area contributed by atoms with Crippen LogP contribution in [-0.4, -0.2) is 41.1 Å². The standard InChI is InChI=1S/C28H55O7P/c1-3-5-7-9-11-13-15-17-19-21-27(29)34-23-26(25-36(31,32)33)24-35-28(30)22-20-18-16-14-12-10-8-6-4-2/h26H,3-25H2,1-2H3,(H2,31,32,33). The van der Waals surface area contributed by atoms with Gasteiger partial charge >= 0.3 is 19.5 Å². The van der Waals surface area contributed by atoms with Gasteiger partial charge in [-0.2, -0.15) is 0 Å². The number of esters is 2. The fraction of sp³-hybridized carbons (Fsp3) is 0.929. The smallest absolute Gasteiger partial charge is 0.326 e. The fourth-order valence-electron chi connectivity index (χ4n) is 4.22. The minimum absolute atomic E-state index is 0.146. The van der Waals surface area contributed by atoms with Crippen LogP contribution in [0.4, 0.5) is 0 Å². The Bertz CT molecular complexity index is 538. The minimum Gasteiger partial charge on any atom is -0.465 e. The monoisotopic (exact) mass is 534 g/mol. The number of carbonyl (C=O) groups excluding carboxylic acids is 2. The molecule has 0 aromatic carbocycles. The molecule has 214 valence electrons. The van der Waals surface area contributed by atoms with Crippen molar-refractivity contribution in [1.29, 1.82) is 0 Å². The largest absolute Gasteiger partial charge is 0.465 e. The predicted octanol–water partition coefficient (Wildman–Crippen LogP) is 7.71. The van der Waals surface area contributed by atoms with Crippen LogP contribution in [0, 0.1) is 5.92 Å². The van der Waals surface area contributed by atoms with Gasteiger partial charge < -0.3 is 19.3 Å². The van der Waals surface area contributed by atoms with Crippen molar-refractivity contribution in [2.45, 2.75) is 142 Å². The summed E-state index contributed by atoms with van der Waals surface area (Å²) in [7, 11) is -4.31. The molecular weight excluding hydrogens is 479 g/mol. The molecule has 2 N–H and O–H groups in total. The topological polar surface area (TPSA) is 110 Å². The lowest BCUT2D eigenvalue weighted by atomic mass is 10.1. The SMILES string of the molecule is CCCCCCCCCCCC(=O)OCC(COC(=O)CCCCCCCCCCC)CP(=O)(O)O. The van der Waals surface area contributed by atoms with E-state index in [0.717, 1.165) is 38.5 Å². The van der Waals surface area contributed by atoms with Gasteiger partial charge in [-0.25, -0.2) is 0 Å². The van der Waals surface area contributed by atoms with Crippen molar-refractivity contribution >= 4 is 19.5 Å². The fourth-order valence-corrected chi connectivity index (χ4v) is 5.10. The molecule has 8 heteroatoms. The molecule has 36 heavy (non-hydrogen) atoms. The summed E-state index contributed by atoms with van der Waals surface area (Å²) in [6.45, 7) is 4.12. The maximum absolute atomic E-state index is 12.0. The summed E-state index contributed by atoms with van der Waals surface area (Å²) in [5.41, 5.74) is 0. The third-order valence-electron chi connectivity index (χ3n) is 6.42. The van der Waals surface area contributed by atoms with E-state index < -0.39 is 19.7 Å². The first-order valence-corrected chi connectivity index (χ1v) is 16.4. The quantitative estimate of drug-likeness (QED) is 0.0664. The Hall–Kier alpha value is -0.910. The van der Waals surface area contributed by atoms with Crippen molar-refractivity contribution < 1.29 is 33.4 Å². The molecule has 0 amide bonds. The average Bonchev–Trinajstić information content (AvgIpc) is 2.82. The summed E-state index contributed by atoms with van der Waals surface area (Å²) in [5.74, 6) is -1.44.